The van der Waals surface area contributed by atoms with Crippen molar-refractivity contribution in [3.05, 3.63) is 0 Å². The molecule has 1 saturated heterocycles. The van der Waals surface area contributed by atoms with E-state index in [1.807, 2.05) is 21.0 Å². The minimum atomic E-state index is -0.0608. The molecule has 0 aromatic rings. The maximum absolute atomic E-state index is 12.3. The number of nitrogens with zero attached hydrogens (tertiary/aromatic N) is 4. The molecule has 0 bridgehead atoms. The van der Waals surface area contributed by atoms with Gasteiger partial charge in [0.1, 0.15) is 11.7 Å². The zero-order valence-electron chi connectivity index (χ0n) is 10.8. The van der Waals surface area contributed by atoms with E-state index in [1.54, 1.807) is 5.01 Å². The van der Waals surface area contributed by atoms with Gasteiger partial charge in [0, 0.05) is 26.2 Å². The lowest BCUT2D eigenvalue weighted by Crippen LogP contribution is -2.70. The van der Waals surface area contributed by atoms with Gasteiger partial charge in [-0.1, -0.05) is 0 Å². The van der Waals surface area contributed by atoms with Crippen molar-refractivity contribution in [1.29, 1.82) is 0 Å². The minimum Gasteiger partial charge on any atom is -0.275 e. The largest absolute Gasteiger partial charge is 0.275 e. The summed E-state index contributed by atoms with van der Waals surface area (Å²) in [7, 11) is 3.90. The zero-order valence-corrected chi connectivity index (χ0v) is 10.8. The van der Waals surface area contributed by atoms with Gasteiger partial charge in [-0.15, -0.1) is 0 Å². The Morgan fingerprint density at radius 1 is 1.29 bits per heavy atom. The molecule has 2 fully saturated rings. The van der Waals surface area contributed by atoms with E-state index < -0.39 is 0 Å². The number of likely N-dealkylation sites (N-methyl/N-ethyl adjacent to an activating group) is 1. The fourth-order valence-electron chi connectivity index (χ4n) is 3.52. The van der Waals surface area contributed by atoms with E-state index in [0.717, 1.165) is 25.0 Å². The molecule has 1 aliphatic carbocycles. The molecule has 0 N–H and O–H groups in total. The second-order valence-electron chi connectivity index (χ2n) is 5.47. The summed E-state index contributed by atoms with van der Waals surface area (Å²) < 4.78 is 0. The molecule has 1 atom stereocenters. The Bertz CT molecular complexity index is 386. The predicted octanol–water partition coefficient (Wildman–Crippen LogP) is 1.03. The highest BCUT2D eigenvalue weighted by atomic mass is 16.2. The molecule has 3 rings (SSSR count). The second kappa shape index (κ2) is 3.45. The van der Waals surface area contributed by atoms with E-state index in [0.29, 0.717) is 0 Å². The molecule has 2 aliphatic heterocycles. The van der Waals surface area contributed by atoms with Crippen LogP contribution in [-0.4, -0.2) is 52.4 Å². The van der Waals surface area contributed by atoms with Gasteiger partial charge in [0.25, 0.3) is 5.91 Å². The standard InChI is InChI=1S/C12H20N4O/c1-9-8-10-11(17)14(2)15(3)12(16(10)13-9)6-4-5-7-12/h10H,4-8H2,1-3H3. The summed E-state index contributed by atoms with van der Waals surface area (Å²) in [6, 6.07) is -0.0608. The van der Waals surface area contributed by atoms with Crippen LogP contribution in [0.2, 0.25) is 0 Å². The maximum Gasteiger partial charge on any atom is 0.261 e. The van der Waals surface area contributed by atoms with E-state index in [1.165, 1.54) is 12.8 Å². The van der Waals surface area contributed by atoms with Crippen LogP contribution in [0, 0.1) is 0 Å². The Morgan fingerprint density at radius 3 is 2.59 bits per heavy atom. The van der Waals surface area contributed by atoms with Crippen molar-refractivity contribution in [2.75, 3.05) is 14.1 Å². The fraction of sp³-hybridized carbons (Fsp3) is 0.833. The summed E-state index contributed by atoms with van der Waals surface area (Å²) in [6.45, 7) is 2.02. The summed E-state index contributed by atoms with van der Waals surface area (Å²) in [5, 5.41) is 10.6. The average Bonchev–Trinajstić information content (AvgIpc) is 2.91. The van der Waals surface area contributed by atoms with Gasteiger partial charge in [-0.05, 0) is 32.6 Å². The number of amides is 1. The lowest BCUT2D eigenvalue weighted by molar-refractivity contribution is -0.211. The lowest BCUT2D eigenvalue weighted by atomic mass is 10.0. The molecule has 3 aliphatic rings. The molecule has 5 heteroatoms. The lowest BCUT2D eigenvalue weighted by Gasteiger charge is -2.54. The number of hydrazine groups is 1. The second-order valence-corrected chi connectivity index (χ2v) is 5.47. The first-order valence-corrected chi connectivity index (χ1v) is 6.41. The third-order valence-electron chi connectivity index (χ3n) is 4.55. The molecule has 1 unspecified atom stereocenters. The molecule has 0 aromatic carbocycles. The summed E-state index contributed by atoms with van der Waals surface area (Å²) in [6.07, 6.45) is 5.45. The molecule has 1 spiro atoms. The third kappa shape index (κ3) is 1.29. The zero-order chi connectivity index (χ0) is 12.2. The fourth-order valence-corrected chi connectivity index (χ4v) is 3.52. The van der Waals surface area contributed by atoms with E-state index >= 15 is 0 Å². The first-order valence-electron chi connectivity index (χ1n) is 6.41. The molecular formula is C12H20N4O. The van der Waals surface area contributed by atoms with Crippen LogP contribution in [0.4, 0.5) is 0 Å². The number of carbonyl (C=O) groups excluding carboxylic acids is 1. The third-order valence-corrected chi connectivity index (χ3v) is 4.55. The van der Waals surface area contributed by atoms with Crippen molar-refractivity contribution in [3.63, 3.8) is 0 Å². The first-order chi connectivity index (χ1) is 8.06. The summed E-state index contributed by atoms with van der Waals surface area (Å²) >= 11 is 0. The van der Waals surface area contributed by atoms with Gasteiger partial charge in [-0.25, -0.2) is 0 Å². The van der Waals surface area contributed by atoms with Crippen LogP contribution < -0.4 is 0 Å². The molecule has 1 amide bonds. The van der Waals surface area contributed by atoms with Gasteiger partial charge >= 0.3 is 0 Å². The van der Waals surface area contributed by atoms with E-state index in [2.05, 4.69) is 15.1 Å². The maximum atomic E-state index is 12.3. The average molecular weight is 236 g/mol. The van der Waals surface area contributed by atoms with Crippen LogP contribution in [-0.2, 0) is 4.79 Å². The quantitative estimate of drug-likeness (QED) is 0.630. The molecular weight excluding hydrogens is 216 g/mol. The Kier molecular flexibility index (Phi) is 2.23. The number of carbonyl (C=O) groups is 1. The Hall–Kier alpha value is -1.10. The van der Waals surface area contributed by atoms with Gasteiger partial charge < -0.3 is 0 Å². The molecule has 17 heavy (non-hydrogen) atoms. The van der Waals surface area contributed by atoms with Crippen LogP contribution in [0.5, 0.6) is 0 Å². The van der Waals surface area contributed by atoms with Crippen molar-refractivity contribution in [1.82, 2.24) is 15.0 Å². The van der Waals surface area contributed by atoms with Gasteiger partial charge in [-0.2, -0.15) is 10.1 Å². The highest BCUT2D eigenvalue weighted by Gasteiger charge is 2.55. The molecule has 5 nitrogen and oxygen atoms in total. The van der Waals surface area contributed by atoms with Gasteiger partial charge in [0.2, 0.25) is 0 Å². The van der Waals surface area contributed by atoms with Crippen molar-refractivity contribution in [3.8, 4) is 0 Å². The molecule has 2 heterocycles. The summed E-state index contributed by atoms with van der Waals surface area (Å²) in [5.41, 5.74) is 1.03. The normalized spacial score (nSPS) is 32.3. The Balaban J connectivity index is 2.04. The van der Waals surface area contributed by atoms with Crippen LogP contribution in [0.1, 0.15) is 39.0 Å². The molecule has 0 radical (unpaired) electrons. The van der Waals surface area contributed by atoms with Crippen LogP contribution in [0.15, 0.2) is 5.10 Å². The molecule has 1 saturated carbocycles. The van der Waals surface area contributed by atoms with Crippen molar-refractivity contribution >= 4 is 11.6 Å². The van der Waals surface area contributed by atoms with Gasteiger partial charge in [0.05, 0.1) is 0 Å². The number of rotatable bonds is 0. The monoisotopic (exact) mass is 236 g/mol. The summed E-state index contributed by atoms with van der Waals surface area (Å²) in [4.78, 5) is 12.3. The van der Waals surface area contributed by atoms with E-state index in [4.69, 9.17) is 0 Å². The highest BCUT2D eigenvalue weighted by Crippen LogP contribution is 2.44. The van der Waals surface area contributed by atoms with Crippen molar-refractivity contribution in [2.24, 2.45) is 5.10 Å². The smallest absolute Gasteiger partial charge is 0.261 e. The molecule has 0 aromatic heterocycles. The highest BCUT2D eigenvalue weighted by molar-refractivity contribution is 5.93. The van der Waals surface area contributed by atoms with E-state index in [9.17, 15) is 4.79 Å². The topological polar surface area (TPSA) is 39.2 Å². The molecule has 94 valence electrons. The SMILES string of the molecule is CC1=NN2C(C1)C(=O)N(C)N(C)C21CCCC1. The predicted molar refractivity (Wildman–Crippen MR) is 65.1 cm³/mol. The van der Waals surface area contributed by atoms with Crippen LogP contribution in [0.25, 0.3) is 0 Å². The van der Waals surface area contributed by atoms with Crippen LogP contribution >= 0.6 is 0 Å². The van der Waals surface area contributed by atoms with Crippen LogP contribution in [0.3, 0.4) is 0 Å². The first kappa shape index (κ1) is 11.0. The summed E-state index contributed by atoms with van der Waals surface area (Å²) in [5.74, 6) is 0.172. The Morgan fingerprint density at radius 2 is 1.94 bits per heavy atom. The minimum absolute atomic E-state index is 0.0505. The Labute approximate surface area is 102 Å². The number of hydrogen-bond acceptors (Lipinski definition) is 4. The van der Waals surface area contributed by atoms with Crippen molar-refractivity contribution < 1.29 is 4.79 Å². The number of hydrazone groups is 1. The number of fused-ring (bicyclic) bond motifs is 2. The van der Waals surface area contributed by atoms with Crippen molar-refractivity contribution in [2.45, 2.75) is 50.7 Å². The van der Waals surface area contributed by atoms with E-state index in [-0.39, 0.29) is 17.6 Å². The number of hydrogen-bond donors (Lipinski definition) is 0. The van der Waals surface area contributed by atoms with Gasteiger partial charge in [0.15, 0.2) is 0 Å². The van der Waals surface area contributed by atoms with Gasteiger partial charge in [-0.3, -0.25) is 14.8 Å².